The zero-order valence-electron chi connectivity index (χ0n) is 20.4. The van der Waals surface area contributed by atoms with Crippen LogP contribution < -0.4 is 15.9 Å². The fourth-order valence-corrected chi connectivity index (χ4v) is 3.85. The van der Waals surface area contributed by atoms with Crippen molar-refractivity contribution in [3.05, 3.63) is 100 Å². The van der Waals surface area contributed by atoms with Crippen LogP contribution in [-0.4, -0.2) is 36.9 Å². The number of rotatable bonds is 8. The van der Waals surface area contributed by atoms with Crippen molar-refractivity contribution in [2.75, 3.05) is 5.73 Å². The molecule has 0 aliphatic rings. The van der Waals surface area contributed by atoms with E-state index in [1.54, 1.807) is 49.4 Å². The summed E-state index contributed by atoms with van der Waals surface area (Å²) in [4.78, 5) is 13.3. The minimum Gasteiger partial charge on any atom is -0.489 e. The summed E-state index contributed by atoms with van der Waals surface area (Å²) in [6.45, 7) is 1.70. The standard InChI is InChI=1S/C26H20ClFN8O3/c1-15(16-10-12-18(13-11-16)38-14-19-20(27)8-5-9-21(19)28)30-32-26(37)23-22(17-6-3-2-4-7-17)31-35-36(23)25-24(29)33-39-34-25/h2-13H,14H2,1H3,(H2,29,33)(H,32,37)/b30-15+. The molecule has 5 aromatic rings. The van der Waals surface area contributed by atoms with Gasteiger partial charge in [0.25, 0.3) is 5.91 Å². The molecule has 0 saturated heterocycles. The molecule has 1 amide bonds. The van der Waals surface area contributed by atoms with E-state index in [-0.39, 0.29) is 29.5 Å². The molecule has 0 bridgehead atoms. The number of hydrogen-bond donors (Lipinski definition) is 2. The van der Waals surface area contributed by atoms with Crippen LogP contribution in [0.5, 0.6) is 5.75 Å². The number of nitrogens with one attached hydrogen (secondary N) is 1. The van der Waals surface area contributed by atoms with Gasteiger partial charge in [0.15, 0.2) is 5.69 Å². The van der Waals surface area contributed by atoms with Crippen molar-refractivity contribution in [3.63, 3.8) is 0 Å². The number of aromatic nitrogens is 5. The predicted molar refractivity (Wildman–Crippen MR) is 141 cm³/mol. The first-order valence-electron chi connectivity index (χ1n) is 11.5. The van der Waals surface area contributed by atoms with Gasteiger partial charge in [0.2, 0.25) is 11.6 Å². The summed E-state index contributed by atoms with van der Waals surface area (Å²) >= 11 is 6.05. The Morgan fingerprint density at radius 2 is 1.87 bits per heavy atom. The molecule has 3 aromatic carbocycles. The number of carbonyl (C=O) groups excluding carboxylic acids is 1. The Bertz CT molecular complexity index is 1630. The van der Waals surface area contributed by atoms with Crippen LogP contribution in [-0.2, 0) is 6.61 Å². The third-order valence-electron chi connectivity index (χ3n) is 5.67. The molecule has 0 spiro atoms. The zero-order chi connectivity index (χ0) is 27.4. The Kier molecular flexibility index (Phi) is 7.28. The minimum absolute atomic E-state index is 0.0165. The maximum Gasteiger partial charge on any atom is 0.292 e. The largest absolute Gasteiger partial charge is 0.489 e. The van der Waals surface area contributed by atoms with E-state index in [9.17, 15) is 9.18 Å². The molecule has 196 valence electrons. The highest BCUT2D eigenvalue weighted by Gasteiger charge is 2.26. The van der Waals surface area contributed by atoms with Crippen LogP contribution in [0.15, 0.2) is 82.5 Å². The Labute approximate surface area is 226 Å². The first-order valence-corrected chi connectivity index (χ1v) is 11.9. The number of hydrogen-bond acceptors (Lipinski definition) is 9. The van der Waals surface area contributed by atoms with Crippen molar-refractivity contribution in [2.24, 2.45) is 5.10 Å². The lowest BCUT2D eigenvalue weighted by Crippen LogP contribution is -2.23. The van der Waals surface area contributed by atoms with Crippen molar-refractivity contribution < 1.29 is 18.6 Å². The zero-order valence-corrected chi connectivity index (χ0v) is 21.1. The lowest BCUT2D eigenvalue weighted by molar-refractivity contribution is 0.0947. The molecule has 0 radical (unpaired) electrons. The van der Waals surface area contributed by atoms with Gasteiger partial charge in [0, 0.05) is 11.1 Å². The van der Waals surface area contributed by atoms with Gasteiger partial charge in [0.05, 0.1) is 10.7 Å². The second kappa shape index (κ2) is 11.1. The molecular formula is C26H20ClFN8O3. The van der Waals surface area contributed by atoms with Gasteiger partial charge in [-0.25, -0.2) is 14.4 Å². The summed E-state index contributed by atoms with van der Waals surface area (Å²) in [5, 5.41) is 20.0. The molecule has 0 aliphatic carbocycles. The molecule has 0 saturated carbocycles. The first kappa shape index (κ1) is 25.5. The van der Waals surface area contributed by atoms with Gasteiger partial charge >= 0.3 is 0 Å². The minimum atomic E-state index is -0.609. The Morgan fingerprint density at radius 1 is 1.10 bits per heavy atom. The fourth-order valence-electron chi connectivity index (χ4n) is 3.63. The number of anilines is 1. The van der Waals surface area contributed by atoms with E-state index in [4.69, 9.17) is 22.1 Å². The van der Waals surface area contributed by atoms with Crippen LogP contribution in [0.25, 0.3) is 17.1 Å². The average molecular weight is 547 g/mol. The molecule has 0 aliphatic heterocycles. The number of nitrogens with zero attached hydrogens (tertiary/aromatic N) is 6. The molecule has 2 heterocycles. The second-order valence-electron chi connectivity index (χ2n) is 8.19. The number of benzene rings is 3. The number of ether oxygens (including phenoxy) is 1. The van der Waals surface area contributed by atoms with E-state index in [1.807, 2.05) is 18.2 Å². The number of hydrazone groups is 1. The van der Waals surface area contributed by atoms with Crippen molar-refractivity contribution in [1.29, 1.82) is 0 Å². The van der Waals surface area contributed by atoms with Crippen molar-refractivity contribution in [2.45, 2.75) is 13.5 Å². The quantitative estimate of drug-likeness (QED) is 0.215. The van der Waals surface area contributed by atoms with E-state index >= 15 is 0 Å². The van der Waals surface area contributed by atoms with E-state index < -0.39 is 11.7 Å². The Morgan fingerprint density at radius 3 is 2.56 bits per heavy atom. The molecule has 0 fully saturated rings. The van der Waals surface area contributed by atoms with Gasteiger partial charge < -0.3 is 10.5 Å². The number of nitrogens with two attached hydrogens (primary N) is 1. The van der Waals surface area contributed by atoms with Crippen LogP contribution in [0, 0.1) is 5.82 Å². The number of nitrogen functional groups attached to an aromatic ring is 1. The third kappa shape index (κ3) is 5.45. The molecule has 2 aromatic heterocycles. The molecule has 3 N–H and O–H groups in total. The maximum atomic E-state index is 14.0. The number of halogens is 2. The second-order valence-corrected chi connectivity index (χ2v) is 8.60. The maximum absolute atomic E-state index is 14.0. The molecule has 5 rings (SSSR count). The fraction of sp³-hybridized carbons (Fsp3) is 0.0769. The third-order valence-corrected chi connectivity index (χ3v) is 6.02. The summed E-state index contributed by atoms with van der Waals surface area (Å²) in [7, 11) is 0. The highest BCUT2D eigenvalue weighted by Crippen LogP contribution is 2.25. The van der Waals surface area contributed by atoms with E-state index in [1.165, 1.54) is 12.1 Å². The average Bonchev–Trinajstić information content (AvgIpc) is 3.58. The number of amides is 1. The van der Waals surface area contributed by atoms with E-state index in [0.29, 0.717) is 33.3 Å². The molecule has 13 heteroatoms. The summed E-state index contributed by atoms with van der Waals surface area (Å²) in [5.41, 5.74) is 10.8. The summed E-state index contributed by atoms with van der Waals surface area (Å²) in [5.74, 6) is -0.582. The van der Waals surface area contributed by atoms with Gasteiger partial charge in [-0.3, -0.25) is 4.79 Å². The smallest absolute Gasteiger partial charge is 0.292 e. The van der Waals surface area contributed by atoms with Gasteiger partial charge in [0.1, 0.15) is 23.9 Å². The monoisotopic (exact) mass is 546 g/mol. The lowest BCUT2D eigenvalue weighted by atomic mass is 10.1. The predicted octanol–water partition coefficient (Wildman–Crippen LogP) is 4.43. The van der Waals surface area contributed by atoms with Crippen LogP contribution in [0.1, 0.15) is 28.5 Å². The van der Waals surface area contributed by atoms with Gasteiger partial charge in [-0.15, -0.1) is 5.10 Å². The summed E-state index contributed by atoms with van der Waals surface area (Å²) in [6.07, 6.45) is 0. The highest BCUT2D eigenvalue weighted by atomic mass is 35.5. The Hall–Kier alpha value is -5.10. The normalized spacial score (nSPS) is 11.4. The van der Waals surface area contributed by atoms with Crippen LogP contribution in [0.3, 0.4) is 0 Å². The SMILES string of the molecule is C/C(=N\NC(=O)c1c(-c2ccccc2)nnn1-c1nonc1N)c1ccc(OCc2c(F)cccc2Cl)cc1. The van der Waals surface area contributed by atoms with Gasteiger partial charge in [-0.05, 0) is 59.2 Å². The highest BCUT2D eigenvalue weighted by molar-refractivity contribution is 6.31. The van der Waals surface area contributed by atoms with E-state index in [0.717, 1.165) is 4.68 Å². The molecule has 39 heavy (non-hydrogen) atoms. The van der Waals surface area contributed by atoms with Crippen LogP contribution in [0.2, 0.25) is 5.02 Å². The summed E-state index contributed by atoms with van der Waals surface area (Å²) < 4.78 is 25.5. The van der Waals surface area contributed by atoms with Crippen LogP contribution >= 0.6 is 11.6 Å². The molecule has 0 atom stereocenters. The van der Waals surface area contributed by atoms with Gasteiger partial charge in [-0.2, -0.15) is 9.78 Å². The molecular weight excluding hydrogens is 527 g/mol. The lowest BCUT2D eigenvalue weighted by Gasteiger charge is -2.10. The van der Waals surface area contributed by atoms with Crippen molar-refractivity contribution in [1.82, 2.24) is 30.7 Å². The topological polar surface area (TPSA) is 146 Å². The van der Waals surface area contributed by atoms with Crippen molar-refractivity contribution >= 4 is 29.0 Å². The number of carbonyl (C=O) groups is 1. The van der Waals surface area contributed by atoms with Crippen molar-refractivity contribution in [3.8, 4) is 22.8 Å². The summed E-state index contributed by atoms with van der Waals surface area (Å²) in [6, 6.07) is 20.4. The van der Waals surface area contributed by atoms with Gasteiger partial charge in [-0.1, -0.05) is 53.2 Å². The molecule has 0 unspecified atom stereocenters. The van der Waals surface area contributed by atoms with E-state index in [2.05, 4.69) is 35.8 Å². The molecule has 11 nitrogen and oxygen atoms in total. The van der Waals surface area contributed by atoms with Crippen LogP contribution in [0.4, 0.5) is 10.2 Å². The first-order chi connectivity index (χ1) is 18.9. The Balaban J connectivity index is 1.33.